The van der Waals surface area contributed by atoms with Crippen LogP contribution in [0, 0.1) is 5.92 Å². The SMILES string of the molecule is CCCCCCCCC(CCCCCCCC)COC=O. The minimum absolute atomic E-state index is 0.590. The van der Waals surface area contributed by atoms with Gasteiger partial charge < -0.3 is 4.74 Å². The predicted molar refractivity (Wildman–Crippen MR) is 91.5 cm³/mol. The summed E-state index contributed by atoms with van der Waals surface area (Å²) in [4.78, 5) is 10.4. The molecule has 0 saturated heterocycles. The Labute approximate surface area is 133 Å². The maximum absolute atomic E-state index is 10.4. The van der Waals surface area contributed by atoms with Crippen molar-refractivity contribution in [2.24, 2.45) is 5.92 Å². The van der Waals surface area contributed by atoms with E-state index in [1.165, 1.54) is 89.9 Å². The molecule has 0 atom stereocenters. The van der Waals surface area contributed by atoms with Crippen LogP contribution < -0.4 is 0 Å². The number of hydrogen-bond acceptors (Lipinski definition) is 2. The zero-order valence-corrected chi connectivity index (χ0v) is 14.6. The van der Waals surface area contributed by atoms with E-state index in [1.54, 1.807) is 0 Å². The summed E-state index contributed by atoms with van der Waals surface area (Å²) in [7, 11) is 0. The van der Waals surface area contributed by atoms with Crippen molar-refractivity contribution in [1.82, 2.24) is 0 Å². The summed E-state index contributed by atoms with van der Waals surface area (Å²) in [5, 5.41) is 0. The van der Waals surface area contributed by atoms with E-state index in [2.05, 4.69) is 13.8 Å². The zero-order valence-electron chi connectivity index (χ0n) is 14.6. The summed E-state index contributed by atoms with van der Waals surface area (Å²) in [5.41, 5.74) is 0. The third-order valence-electron chi connectivity index (χ3n) is 4.33. The molecule has 2 heteroatoms. The van der Waals surface area contributed by atoms with E-state index in [1.807, 2.05) is 0 Å². The van der Waals surface area contributed by atoms with Crippen molar-refractivity contribution >= 4 is 6.47 Å². The Bertz CT molecular complexity index is 188. The molecule has 0 heterocycles. The minimum Gasteiger partial charge on any atom is -0.468 e. The number of hydrogen-bond donors (Lipinski definition) is 0. The van der Waals surface area contributed by atoms with Gasteiger partial charge in [0.2, 0.25) is 0 Å². The standard InChI is InChI=1S/C19H38O2/c1-3-5-7-9-11-13-15-19(17-21-18-20)16-14-12-10-8-6-4-2/h18-19H,3-17H2,1-2H3. The van der Waals surface area contributed by atoms with Gasteiger partial charge in [0.05, 0.1) is 6.61 Å². The highest BCUT2D eigenvalue weighted by Gasteiger charge is 2.09. The van der Waals surface area contributed by atoms with E-state index in [9.17, 15) is 4.79 Å². The Balaban J connectivity index is 3.59. The monoisotopic (exact) mass is 298 g/mol. The van der Waals surface area contributed by atoms with Crippen molar-refractivity contribution in [2.75, 3.05) is 6.61 Å². The molecule has 0 spiro atoms. The van der Waals surface area contributed by atoms with E-state index in [0.29, 0.717) is 19.0 Å². The number of unbranched alkanes of at least 4 members (excludes halogenated alkanes) is 10. The predicted octanol–water partition coefficient (Wildman–Crippen LogP) is 6.28. The first-order valence-corrected chi connectivity index (χ1v) is 9.40. The summed E-state index contributed by atoms with van der Waals surface area (Å²) < 4.78 is 5.01. The number of rotatable bonds is 17. The lowest BCUT2D eigenvalue weighted by atomic mass is 9.95. The van der Waals surface area contributed by atoms with Crippen LogP contribution in [0.1, 0.15) is 104 Å². The average Bonchev–Trinajstić information content (AvgIpc) is 2.50. The first-order valence-electron chi connectivity index (χ1n) is 9.40. The highest BCUT2D eigenvalue weighted by molar-refractivity contribution is 5.36. The van der Waals surface area contributed by atoms with E-state index >= 15 is 0 Å². The number of ether oxygens (including phenoxy) is 1. The normalized spacial score (nSPS) is 11.0. The van der Waals surface area contributed by atoms with Crippen LogP contribution in [-0.4, -0.2) is 13.1 Å². The molecule has 0 aromatic heterocycles. The van der Waals surface area contributed by atoms with Crippen LogP contribution in [0.15, 0.2) is 0 Å². The average molecular weight is 299 g/mol. The molecule has 0 rings (SSSR count). The van der Waals surface area contributed by atoms with Crippen molar-refractivity contribution < 1.29 is 9.53 Å². The lowest BCUT2D eigenvalue weighted by Crippen LogP contribution is -2.09. The molecule has 21 heavy (non-hydrogen) atoms. The van der Waals surface area contributed by atoms with Crippen LogP contribution in [0.5, 0.6) is 0 Å². The smallest absolute Gasteiger partial charge is 0.293 e. The van der Waals surface area contributed by atoms with Gasteiger partial charge in [0, 0.05) is 0 Å². The molecule has 0 aromatic carbocycles. The Kier molecular flexibility index (Phi) is 17.1. The van der Waals surface area contributed by atoms with Gasteiger partial charge in [-0.05, 0) is 18.8 Å². The zero-order chi connectivity index (χ0) is 15.6. The van der Waals surface area contributed by atoms with Gasteiger partial charge in [-0.2, -0.15) is 0 Å². The molecule has 0 bridgehead atoms. The topological polar surface area (TPSA) is 26.3 Å². The molecular formula is C19H38O2. The third-order valence-corrected chi connectivity index (χ3v) is 4.33. The van der Waals surface area contributed by atoms with Gasteiger partial charge in [0.15, 0.2) is 0 Å². The van der Waals surface area contributed by atoms with Crippen molar-refractivity contribution in [3.63, 3.8) is 0 Å². The van der Waals surface area contributed by atoms with Gasteiger partial charge in [-0.15, -0.1) is 0 Å². The van der Waals surface area contributed by atoms with Crippen molar-refractivity contribution in [2.45, 2.75) is 104 Å². The Hall–Kier alpha value is -0.530. The van der Waals surface area contributed by atoms with Crippen LogP contribution in [-0.2, 0) is 9.53 Å². The number of carbonyl (C=O) groups excluding carboxylic acids is 1. The summed E-state index contributed by atoms with van der Waals surface area (Å²) in [6.07, 6.45) is 18.6. The van der Waals surface area contributed by atoms with Gasteiger partial charge >= 0.3 is 0 Å². The Morgan fingerprint density at radius 3 is 1.57 bits per heavy atom. The summed E-state index contributed by atoms with van der Waals surface area (Å²) >= 11 is 0. The maximum atomic E-state index is 10.4. The van der Waals surface area contributed by atoms with Gasteiger partial charge in [-0.1, -0.05) is 90.9 Å². The maximum Gasteiger partial charge on any atom is 0.293 e. The van der Waals surface area contributed by atoms with Crippen LogP contribution in [0.3, 0.4) is 0 Å². The van der Waals surface area contributed by atoms with Crippen LogP contribution in [0.4, 0.5) is 0 Å². The third kappa shape index (κ3) is 15.7. The largest absolute Gasteiger partial charge is 0.468 e. The van der Waals surface area contributed by atoms with Crippen molar-refractivity contribution in [3.8, 4) is 0 Å². The summed E-state index contributed by atoms with van der Waals surface area (Å²) in [6, 6.07) is 0. The first-order chi connectivity index (χ1) is 10.3. The molecular weight excluding hydrogens is 260 g/mol. The first kappa shape index (κ1) is 20.5. The fourth-order valence-corrected chi connectivity index (χ4v) is 2.91. The summed E-state index contributed by atoms with van der Waals surface area (Å²) in [5.74, 6) is 0.590. The highest BCUT2D eigenvalue weighted by atomic mass is 16.5. The molecule has 0 aliphatic carbocycles. The molecule has 0 radical (unpaired) electrons. The molecule has 0 aromatic rings. The second-order valence-electron chi connectivity index (χ2n) is 6.41. The summed E-state index contributed by atoms with van der Waals surface area (Å²) in [6.45, 7) is 5.75. The van der Waals surface area contributed by atoms with Gasteiger partial charge in [-0.25, -0.2) is 0 Å². The number of carbonyl (C=O) groups is 1. The van der Waals surface area contributed by atoms with E-state index in [0.717, 1.165) is 0 Å². The van der Waals surface area contributed by atoms with Gasteiger partial charge in [0.25, 0.3) is 6.47 Å². The molecule has 0 fully saturated rings. The van der Waals surface area contributed by atoms with Crippen molar-refractivity contribution in [1.29, 1.82) is 0 Å². The Morgan fingerprint density at radius 1 is 0.714 bits per heavy atom. The molecule has 0 aliphatic rings. The van der Waals surface area contributed by atoms with Crippen LogP contribution >= 0.6 is 0 Å². The fourth-order valence-electron chi connectivity index (χ4n) is 2.91. The Morgan fingerprint density at radius 2 is 1.14 bits per heavy atom. The molecule has 0 N–H and O–H groups in total. The quantitative estimate of drug-likeness (QED) is 0.233. The molecule has 2 nitrogen and oxygen atoms in total. The van der Waals surface area contributed by atoms with Crippen LogP contribution in [0.25, 0.3) is 0 Å². The second kappa shape index (κ2) is 17.5. The van der Waals surface area contributed by atoms with E-state index in [4.69, 9.17) is 4.74 Å². The molecule has 0 aliphatic heterocycles. The van der Waals surface area contributed by atoms with Crippen molar-refractivity contribution in [3.05, 3.63) is 0 Å². The van der Waals surface area contributed by atoms with Crippen LogP contribution in [0.2, 0.25) is 0 Å². The fraction of sp³-hybridized carbons (Fsp3) is 0.947. The second-order valence-corrected chi connectivity index (χ2v) is 6.41. The minimum atomic E-state index is 0.590. The molecule has 126 valence electrons. The van der Waals surface area contributed by atoms with E-state index in [-0.39, 0.29) is 0 Å². The lowest BCUT2D eigenvalue weighted by Gasteiger charge is -2.15. The highest BCUT2D eigenvalue weighted by Crippen LogP contribution is 2.19. The van der Waals surface area contributed by atoms with E-state index < -0.39 is 0 Å². The lowest BCUT2D eigenvalue weighted by molar-refractivity contribution is -0.130. The molecule has 0 amide bonds. The molecule has 0 unspecified atom stereocenters. The van der Waals surface area contributed by atoms with Gasteiger partial charge in [0.1, 0.15) is 0 Å². The van der Waals surface area contributed by atoms with Gasteiger partial charge in [-0.3, -0.25) is 4.79 Å². The molecule has 0 saturated carbocycles.